The highest BCUT2D eigenvalue weighted by atomic mass is 35.5. The van der Waals surface area contributed by atoms with Gasteiger partial charge in [-0.25, -0.2) is 12.7 Å². The summed E-state index contributed by atoms with van der Waals surface area (Å²) in [6, 6.07) is 18.7. The molecule has 0 unspecified atom stereocenters. The Morgan fingerprint density at radius 2 is 1.68 bits per heavy atom. The smallest absolute Gasteiger partial charge is 0.269 e. The monoisotopic (exact) mass is 573 g/mol. The van der Waals surface area contributed by atoms with E-state index >= 15 is 0 Å². The molecule has 3 amide bonds. The van der Waals surface area contributed by atoms with Crippen LogP contribution in [0, 0.1) is 0 Å². The van der Waals surface area contributed by atoms with Gasteiger partial charge in [0.25, 0.3) is 15.9 Å². The molecule has 3 aromatic rings. The van der Waals surface area contributed by atoms with E-state index in [1.807, 2.05) is 30.3 Å². The number of likely N-dealkylation sites (N-methyl/N-ethyl adjacent to an activating group) is 1. The van der Waals surface area contributed by atoms with Gasteiger partial charge in [0.2, 0.25) is 11.8 Å². The van der Waals surface area contributed by atoms with Crippen LogP contribution in [-0.4, -0.2) is 54.5 Å². The molecule has 0 aromatic heterocycles. The number of nitrogens with zero attached hydrogens (tertiary/aromatic N) is 2. The topological polar surface area (TPSA) is 104 Å². The molecule has 0 saturated heterocycles. The van der Waals surface area contributed by atoms with Gasteiger partial charge in [0.15, 0.2) is 0 Å². The second-order valence-corrected chi connectivity index (χ2v) is 11.3. The molecule has 198 valence electrons. The van der Waals surface area contributed by atoms with Gasteiger partial charge in [0, 0.05) is 29.6 Å². The Bertz CT molecular complexity index is 1480. The third kappa shape index (κ3) is 5.70. The minimum Gasteiger partial charge on any atom is -0.355 e. The molecule has 0 bridgehead atoms. The highest BCUT2D eigenvalue weighted by molar-refractivity contribution is 7.90. The Labute approximate surface area is 231 Å². The molecular formula is C27H25Cl2N3O5S. The van der Waals surface area contributed by atoms with E-state index in [-0.39, 0.29) is 28.4 Å². The molecule has 1 N–H and O–H groups in total. The van der Waals surface area contributed by atoms with Gasteiger partial charge >= 0.3 is 0 Å². The number of hydrogen-bond donors (Lipinski definition) is 1. The number of halogens is 2. The van der Waals surface area contributed by atoms with Crippen molar-refractivity contribution in [1.82, 2.24) is 14.5 Å². The lowest BCUT2D eigenvalue weighted by Crippen LogP contribution is -2.53. The molecule has 8 nitrogen and oxygen atoms in total. The fraction of sp³-hybridized carbons (Fsp3) is 0.222. The van der Waals surface area contributed by atoms with Gasteiger partial charge in [0.05, 0.1) is 5.56 Å². The maximum atomic E-state index is 13.8. The van der Waals surface area contributed by atoms with Gasteiger partial charge in [-0.15, -0.1) is 0 Å². The lowest BCUT2D eigenvalue weighted by molar-refractivity contribution is -0.141. The van der Waals surface area contributed by atoms with Crippen LogP contribution >= 0.6 is 23.2 Å². The van der Waals surface area contributed by atoms with Crippen LogP contribution in [0.2, 0.25) is 10.0 Å². The van der Waals surface area contributed by atoms with E-state index < -0.39 is 40.3 Å². The summed E-state index contributed by atoms with van der Waals surface area (Å²) in [6.45, 7) is 1.19. The number of hydrogen-bond acceptors (Lipinski definition) is 5. The number of nitrogens with one attached hydrogen (secondary N) is 1. The van der Waals surface area contributed by atoms with Crippen LogP contribution in [-0.2, 0) is 32.6 Å². The van der Waals surface area contributed by atoms with Gasteiger partial charge in [-0.3, -0.25) is 14.4 Å². The lowest BCUT2D eigenvalue weighted by Gasteiger charge is -2.32. The quantitative estimate of drug-likeness (QED) is 0.418. The first-order chi connectivity index (χ1) is 18.1. The summed E-state index contributed by atoms with van der Waals surface area (Å²) in [4.78, 5) is 41.2. The highest BCUT2D eigenvalue weighted by Gasteiger charge is 2.43. The molecule has 1 aliphatic rings. The average Bonchev–Trinajstić information content (AvgIpc) is 3.08. The van der Waals surface area contributed by atoms with Crippen LogP contribution in [0.1, 0.15) is 28.4 Å². The largest absolute Gasteiger partial charge is 0.355 e. The normalized spacial score (nSPS) is 14.6. The van der Waals surface area contributed by atoms with Crippen molar-refractivity contribution in [3.8, 4) is 0 Å². The molecule has 1 aliphatic heterocycles. The molecule has 0 spiro atoms. The Balaban J connectivity index is 1.73. The van der Waals surface area contributed by atoms with Crippen molar-refractivity contribution in [3.63, 3.8) is 0 Å². The van der Waals surface area contributed by atoms with Crippen molar-refractivity contribution in [2.24, 2.45) is 0 Å². The molecule has 0 radical (unpaired) electrons. The minimum atomic E-state index is -4.23. The zero-order valence-electron chi connectivity index (χ0n) is 20.4. The minimum absolute atomic E-state index is 0.00263. The summed E-state index contributed by atoms with van der Waals surface area (Å²) in [5.41, 5.74) is 1.30. The zero-order valence-corrected chi connectivity index (χ0v) is 22.8. The van der Waals surface area contributed by atoms with E-state index in [2.05, 4.69) is 5.32 Å². The second-order valence-electron chi connectivity index (χ2n) is 8.67. The third-order valence-corrected chi connectivity index (χ3v) is 8.54. The molecule has 1 atom stereocenters. The van der Waals surface area contributed by atoms with Crippen molar-refractivity contribution in [2.75, 3.05) is 13.1 Å². The molecule has 11 heteroatoms. The number of rotatable bonds is 9. The van der Waals surface area contributed by atoms with Crippen LogP contribution in [0.5, 0.6) is 0 Å². The fourth-order valence-corrected chi connectivity index (χ4v) is 6.27. The number of carbonyl (C=O) groups excluding carboxylic acids is 3. The molecular weight excluding hydrogens is 549 g/mol. The number of benzene rings is 3. The average molecular weight is 574 g/mol. The summed E-state index contributed by atoms with van der Waals surface area (Å²) in [5.74, 6) is -1.95. The predicted octanol–water partition coefficient (Wildman–Crippen LogP) is 3.91. The first-order valence-electron chi connectivity index (χ1n) is 11.8. The predicted molar refractivity (Wildman–Crippen MR) is 144 cm³/mol. The van der Waals surface area contributed by atoms with Crippen LogP contribution in [0.15, 0.2) is 77.7 Å². The second kappa shape index (κ2) is 11.6. The van der Waals surface area contributed by atoms with Crippen LogP contribution in [0.25, 0.3) is 0 Å². The van der Waals surface area contributed by atoms with Crippen molar-refractivity contribution >= 4 is 50.9 Å². The Kier molecular flexibility index (Phi) is 8.40. The molecule has 3 aromatic carbocycles. The van der Waals surface area contributed by atoms with Gasteiger partial charge in [-0.2, -0.15) is 0 Å². The number of carbonyl (C=O) groups is 3. The summed E-state index contributed by atoms with van der Waals surface area (Å²) in [5, 5.41) is 3.43. The van der Waals surface area contributed by atoms with Gasteiger partial charge < -0.3 is 10.2 Å². The van der Waals surface area contributed by atoms with Crippen LogP contribution in [0.4, 0.5) is 0 Å². The van der Waals surface area contributed by atoms with Crippen molar-refractivity contribution in [1.29, 1.82) is 0 Å². The van der Waals surface area contributed by atoms with Crippen LogP contribution < -0.4 is 5.32 Å². The summed E-state index contributed by atoms with van der Waals surface area (Å²) in [7, 11) is -4.23. The van der Waals surface area contributed by atoms with E-state index in [0.717, 1.165) is 5.56 Å². The molecule has 4 rings (SSSR count). The third-order valence-electron chi connectivity index (χ3n) is 6.17. The first kappa shape index (κ1) is 27.6. The maximum Gasteiger partial charge on any atom is 0.269 e. The number of sulfonamides is 1. The SMILES string of the molecule is CCNC(=O)[C@H](Cc1ccccc1)N(Cc1ccc(Cl)cc1Cl)C(=O)CN1C(=O)c2ccccc2S1(=O)=O. The first-order valence-corrected chi connectivity index (χ1v) is 14.0. The van der Waals surface area contributed by atoms with Gasteiger partial charge in [-0.1, -0.05) is 71.7 Å². The molecule has 0 aliphatic carbocycles. The van der Waals surface area contributed by atoms with E-state index in [1.54, 1.807) is 25.1 Å². The number of fused-ring (bicyclic) bond motifs is 1. The van der Waals surface area contributed by atoms with Crippen molar-refractivity contribution < 1.29 is 22.8 Å². The van der Waals surface area contributed by atoms with Crippen LogP contribution in [0.3, 0.4) is 0 Å². The van der Waals surface area contributed by atoms with Crippen molar-refractivity contribution in [3.05, 3.63) is 99.5 Å². The number of amides is 3. The van der Waals surface area contributed by atoms with E-state index in [0.29, 0.717) is 21.4 Å². The van der Waals surface area contributed by atoms with Gasteiger partial charge in [0.1, 0.15) is 17.5 Å². The maximum absolute atomic E-state index is 13.8. The Hall–Kier alpha value is -3.40. The van der Waals surface area contributed by atoms with E-state index in [9.17, 15) is 22.8 Å². The Morgan fingerprint density at radius 3 is 2.34 bits per heavy atom. The molecule has 0 saturated carbocycles. The molecule has 1 heterocycles. The lowest BCUT2D eigenvalue weighted by atomic mass is 10.0. The summed E-state index contributed by atoms with van der Waals surface area (Å²) >= 11 is 12.4. The van der Waals surface area contributed by atoms with Crippen molar-refractivity contribution in [2.45, 2.75) is 30.8 Å². The highest BCUT2D eigenvalue weighted by Crippen LogP contribution is 2.30. The molecule has 0 fully saturated rings. The van der Waals surface area contributed by atoms with E-state index in [1.165, 1.54) is 29.2 Å². The van der Waals surface area contributed by atoms with Gasteiger partial charge in [-0.05, 0) is 42.3 Å². The molecule has 38 heavy (non-hydrogen) atoms. The zero-order chi connectivity index (χ0) is 27.4. The summed E-state index contributed by atoms with van der Waals surface area (Å²) < 4.78 is 26.8. The fourth-order valence-electron chi connectivity index (χ4n) is 4.28. The Morgan fingerprint density at radius 1 is 1.00 bits per heavy atom. The summed E-state index contributed by atoms with van der Waals surface area (Å²) in [6.07, 6.45) is 0.157. The standard InChI is InChI=1S/C27H25Cl2N3O5S/c1-2-30-26(34)23(14-18-8-4-3-5-9-18)31(16-19-12-13-20(28)15-22(19)29)25(33)17-32-27(35)21-10-6-7-11-24(21)38(32,36)37/h3-13,15,23H,2,14,16-17H2,1H3,(H,30,34)/t23-/m0/s1. The van der Waals surface area contributed by atoms with E-state index in [4.69, 9.17) is 23.2 Å².